The normalized spacial score (nSPS) is 13.2. The summed E-state index contributed by atoms with van der Waals surface area (Å²) in [4.78, 5) is 0. The summed E-state index contributed by atoms with van der Waals surface area (Å²) < 4.78 is 36.4. The van der Waals surface area contributed by atoms with Crippen LogP contribution >= 0.6 is 0 Å². The number of allylic oxidation sites excluding steroid dienone is 4. The second kappa shape index (κ2) is 18.1. The molecule has 0 aliphatic heterocycles. The minimum Gasteiger partial charge on any atom is -0.382 e. The predicted octanol–water partition coefficient (Wildman–Crippen LogP) is 10.0. The van der Waals surface area contributed by atoms with E-state index < -0.39 is 5.92 Å². The van der Waals surface area contributed by atoms with Crippen LogP contribution in [0.5, 0.6) is 0 Å². The van der Waals surface area contributed by atoms with Crippen molar-refractivity contribution >= 4 is 0 Å². The summed E-state index contributed by atoms with van der Waals surface area (Å²) in [5, 5.41) is 3.48. The number of rotatable bonds is 11. The maximum absolute atomic E-state index is 13.5. The largest absolute Gasteiger partial charge is 0.382 e. The highest BCUT2D eigenvalue weighted by Crippen LogP contribution is 2.22. The van der Waals surface area contributed by atoms with E-state index in [4.69, 9.17) is 0 Å². The minimum atomic E-state index is -2.46. The Morgan fingerprint density at radius 1 is 1.06 bits per heavy atom. The molecule has 1 N–H and O–H groups in total. The highest BCUT2D eigenvalue weighted by atomic mass is 19.3. The summed E-state index contributed by atoms with van der Waals surface area (Å²) in [5.41, 5.74) is 6.56. The number of halogens is 3. The minimum absolute atomic E-state index is 0.0625. The lowest BCUT2D eigenvalue weighted by Gasteiger charge is -2.23. The van der Waals surface area contributed by atoms with Gasteiger partial charge in [-0.2, -0.15) is 0 Å². The molecule has 1 aromatic carbocycles. The number of nitrogens with one attached hydrogen (secondary N) is 1. The summed E-state index contributed by atoms with van der Waals surface area (Å²) >= 11 is 0. The zero-order valence-corrected chi connectivity index (χ0v) is 23.9. The van der Waals surface area contributed by atoms with Crippen LogP contribution in [0.1, 0.15) is 91.3 Å². The van der Waals surface area contributed by atoms with Gasteiger partial charge in [0.15, 0.2) is 0 Å². The van der Waals surface area contributed by atoms with Crippen molar-refractivity contribution in [2.75, 3.05) is 0 Å². The lowest BCUT2D eigenvalue weighted by molar-refractivity contribution is 0.0181. The first-order chi connectivity index (χ1) is 16.2. The second-order valence-electron chi connectivity index (χ2n) is 8.96. The first-order valence-electron chi connectivity index (χ1n) is 12.9. The topological polar surface area (TPSA) is 12.0 Å². The highest BCUT2D eigenvalue weighted by Gasteiger charge is 2.16. The van der Waals surface area contributed by atoms with Crippen LogP contribution in [0.2, 0.25) is 0 Å². The highest BCUT2D eigenvalue weighted by molar-refractivity contribution is 5.35. The van der Waals surface area contributed by atoms with Gasteiger partial charge in [-0.25, -0.2) is 13.2 Å². The van der Waals surface area contributed by atoms with Crippen molar-refractivity contribution in [1.29, 1.82) is 0 Å². The Morgan fingerprint density at radius 3 is 1.94 bits per heavy atom. The van der Waals surface area contributed by atoms with E-state index >= 15 is 0 Å². The first kappa shape index (κ1) is 34.9. The third-order valence-corrected chi connectivity index (χ3v) is 5.77. The van der Waals surface area contributed by atoms with E-state index in [1.165, 1.54) is 18.1 Å². The van der Waals surface area contributed by atoms with Crippen LogP contribution < -0.4 is 5.32 Å². The molecule has 1 aromatic rings. The molecule has 4 heteroatoms. The molecule has 1 nitrogen and oxygen atoms in total. The molecule has 0 aromatic heterocycles. The molecule has 0 aliphatic carbocycles. The van der Waals surface area contributed by atoms with Crippen LogP contribution in [-0.2, 0) is 6.42 Å². The average Bonchev–Trinajstić information content (AvgIpc) is 2.79. The molecule has 0 radical (unpaired) electrons. The Bertz CT molecular complexity index is 805. The van der Waals surface area contributed by atoms with Crippen molar-refractivity contribution in [2.24, 2.45) is 5.92 Å². The van der Waals surface area contributed by atoms with E-state index in [0.717, 1.165) is 48.6 Å². The second-order valence-corrected chi connectivity index (χ2v) is 8.96. The van der Waals surface area contributed by atoms with E-state index in [0.29, 0.717) is 0 Å². The van der Waals surface area contributed by atoms with Gasteiger partial charge in [-0.05, 0) is 87.8 Å². The molecule has 0 heterocycles. The zero-order valence-electron chi connectivity index (χ0n) is 23.9. The van der Waals surface area contributed by atoms with Gasteiger partial charge in [0.25, 0.3) is 0 Å². The molecule has 200 valence electrons. The number of hydrogen-bond donors (Lipinski definition) is 1. The number of hydrogen-bond acceptors (Lipinski definition) is 1. The molecule has 35 heavy (non-hydrogen) atoms. The molecule has 0 amide bonds. The van der Waals surface area contributed by atoms with Gasteiger partial charge in [0.05, 0.1) is 0 Å². The van der Waals surface area contributed by atoms with Gasteiger partial charge >= 0.3 is 0 Å². The van der Waals surface area contributed by atoms with Crippen molar-refractivity contribution in [3.63, 3.8) is 0 Å². The number of aryl methyl sites for hydroxylation is 2. The van der Waals surface area contributed by atoms with Crippen molar-refractivity contribution in [1.82, 2.24) is 5.32 Å². The van der Waals surface area contributed by atoms with Crippen LogP contribution in [0.4, 0.5) is 13.2 Å². The van der Waals surface area contributed by atoms with Crippen molar-refractivity contribution < 1.29 is 13.2 Å². The van der Waals surface area contributed by atoms with Crippen LogP contribution in [0, 0.1) is 25.6 Å². The Hall–Kier alpha value is -2.23. The molecular weight excluding hydrogens is 443 g/mol. The molecule has 0 aliphatic rings. The molecule has 0 fully saturated rings. The molecule has 1 rings (SSSR count). The van der Waals surface area contributed by atoms with Gasteiger partial charge in [-0.15, -0.1) is 0 Å². The first-order valence-corrected chi connectivity index (χ1v) is 12.9. The number of benzene rings is 1. The maximum atomic E-state index is 13.5. The predicted molar refractivity (Wildman–Crippen MR) is 150 cm³/mol. The van der Waals surface area contributed by atoms with Crippen LogP contribution in [0.3, 0.4) is 0 Å². The molecule has 2 atom stereocenters. The van der Waals surface area contributed by atoms with Crippen molar-refractivity contribution in [2.45, 2.75) is 107 Å². The summed E-state index contributed by atoms with van der Waals surface area (Å²) in [6.07, 6.45) is 9.41. The van der Waals surface area contributed by atoms with Crippen LogP contribution in [0.15, 0.2) is 60.4 Å². The maximum Gasteiger partial charge on any atom is 0.245 e. The molecule has 1 unspecified atom stereocenters. The fraction of sp³-hybridized carbons (Fsp3) is 0.548. The van der Waals surface area contributed by atoms with Gasteiger partial charge in [-0.1, -0.05) is 78.0 Å². The van der Waals surface area contributed by atoms with Crippen LogP contribution in [0.25, 0.3) is 0 Å². The molecule has 0 saturated heterocycles. The summed E-state index contributed by atoms with van der Waals surface area (Å²) in [6, 6.07) is 3.33. The number of alkyl halides is 2. The Labute approximate surface area is 214 Å². The summed E-state index contributed by atoms with van der Waals surface area (Å²) in [7, 11) is 0. The average molecular weight is 494 g/mol. The molecular formula is C31H50F3N. The fourth-order valence-electron chi connectivity index (χ4n) is 3.18. The lowest BCUT2D eigenvalue weighted by Crippen LogP contribution is -2.29. The van der Waals surface area contributed by atoms with Gasteiger partial charge in [0.2, 0.25) is 5.92 Å². The molecule has 0 bridgehead atoms. The lowest BCUT2D eigenvalue weighted by atomic mass is 9.91. The summed E-state index contributed by atoms with van der Waals surface area (Å²) in [5.74, 6) is -2.38. The Kier molecular flexibility index (Phi) is 18.1. The fourth-order valence-corrected chi connectivity index (χ4v) is 3.18. The third kappa shape index (κ3) is 15.4. The smallest absolute Gasteiger partial charge is 0.245 e. The van der Waals surface area contributed by atoms with Gasteiger partial charge in [0, 0.05) is 18.2 Å². The SMILES string of the molecule is C=C(/C=C\C(=C/C)CCC)C(C)NC(=C)[C@@H](C)Cc1c(C)cc(F)cc1C.CC.CCC(C)(F)F. The van der Waals surface area contributed by atoms with Gasteiger partial charge < -0.3 is 5.32 Å². The van der Waals surface area contributed by atoms with E-state index in [-0.39, 0.29) is 24.2 Å². The zero-order chi connectivity index (χ0) is 27.8. The van der Waals surface area contributed by atoms with Gasteiger partial charge in [-0.3, -0.25) is 0 Å². The van der Waals surface area contributed by atoms with Crippen LogP contribution in [-0.4, -0.2) is 12.0 Å². The van der Waals surface area contributed by atoms with Crippen molar-refractivity contribution in [3.8, 4) is 0 Å². The molecule has 0 spiro atoms. The Morgan fingerprint density at radius 2 is 1.54 bits per heavy atom. The van der Waals surface area contributed by atoms with Gasteiger partial charge in [0.1, 0.15) is 5.82 Å². The monoisotopic (exact) mass is 493 g/mol. The van der Waals surface area contributed by atoms with E-state index in [2.05, 4.69) is 64.4 Å². The van der Waals surface area contributed by atoms with E-state index in [9.17, 15) is 13.2 Å². The molecule has 0 saturated carbocycles. The van der Waals surface area contributed by atoms with E-state index in [1.54, 1.807) is 12.1 Å². The Balaban J connectivity index is 0. The van der Waals surface area contributed by atoms with Crippen molar-refractivity contribution in [3.05, 3.63) is 82.9 Å². The van der Waals surface area contributed by atoms with E-state index in [1.807, 2.05) is 27.7 Å². The standard InChI is InChI=1S/C25H36FN.C4H8F2.C2H6/c1-9-11-23(10-2)13-12-17(3)21(7)27-22(8)18(4)16-25-19(5)14-24(26)15-20(25)6;1-3-4(2,5)6;1-2/h10,12-15,18,21,27H,3,8-9,11,16H2,1-2,4-7H3;3H2,1-2H3;1-2H3/b13-12-,23-10-;;/t18-,21?;;/m0../s1. The summed E-state index contributed by atoms with van der Waals surface area (Å²) in [6.45, 7) is 27.3. The third-order valence-electron chi connectivity index (χ3n) is 5.77. The quantitative estimate of drug-likeness (QED) is 0.302.